The molecule has 16 nitrogen and oxygen atoms in total. The maximum Gasteiger partial charge on any atom is 0.303 e. The van der Waals surface area contributed by atoms with Crippen LogP contribution >= 0.6 is 11.8 Å². The third-order valence-electron chi connectivity index (χ3n) is 17.9. The maximum absolute atomic E-state index is 14.1. The van der Waals surface area contributed by atoms with E-state index in [2.05, 4.69) is 6.92 Å². The van der Waals surface area contributed by atoms with Crippen LogP contribution in [0.4, 0.5) is 0 Å². The zero-order valence-corrected chi connectivity index (χ0v) is 58.6. The van der Waals surface area contributed by atoms with Crippen molar-refractivity contribution in [2.45, 2.75) is 165 Å². The molecular formula is C85H92O16S. The minimum Gasteiger partial charge on any atom is -0.454 e. The van der Waals surface area contributed by atoms with E-state index in [-0.39, 0.29) is 72.7 Å². The molecule has 102 heavy (non-hydrogen) atoms. The number of thioether (sulfide) groups is 1. The van der Waals surface area contributed by atoms with Crippen LogP contribution in [0.1, 0.15) is 63.9 Å². The largest absolute Gasteiger partial charge is 0.454 e. The van der Waals surface area contributed by atoms with Gasteiger partial charge in [0.15, 0.2) is 18.7 Å². The Labute approximate surface area is 603 Å². The predicted molar refractivity (Wildman–Crippen MR) is 388 cm³/mol. The molecule has 0 saturated carbocycles. The average Bonchev–Trinajstić information content (AvgIpc) is 0.763. The van der Waals surface area contributed by atoms with E-state index >= 15 is 0 Å². The minimum absolute atomic E-state index is 0.00123. The molecule has 0 aromatic heterocycles. The first kappa shape index (κ1) is 74.0. The van der Waals surface area contributed by atoms with Crippen molar-refractivity contribution in [3.63, 3.8) is 0 Å². The highest BCUT2D eigenvalue weighted by atomic mass is 32.2. The average molecular weight is 1400 g/mol. The Hall–Kier alpha value is -7.76. The van der Waals surface area contributed by atoms with Crippen LogP contribution in [0.3, 0.4) is 0 Å². The molecule has 0 amide bonds. The van der Waals surface area contributed by atoms with Crippen LogP contribution in [0.15, 0.2) is 273 Å². The lowest BCUT2D eigenvalue weighted by molar-refractivity contribution is -0.391. The molecule has 12 rings (SSSR count). The minimum atomic E-state index is -1.46. The van der Waals surface area contributed by atoms with Crippen molar-refractivity contribution in [3.8, 4) is 0 Å². The number of carbonyl (C=O) groups excluding carboxylic acids is 1. The van der Waals surface area contributed by atoms with Gasteiger partial charge in [-0.25, -0.2) is 0 Å². The molecular weight excluding hydrogens is 1310 g/mol. The van der Waals surface area contributed by atoms with Crippen molar-refractivity contribution in [2.75, 3.05) is 25.6 Å². The molecule has 7 unspecified atom stereocenters. The van der Waals surface area contributed by atoms with Crippen LogP contribution in [0.25, 0.3) is 0 Å². The van der Waals surface area contributed by atoms with Crippen molar-refractivity contribution in [1.29, 1.82) is 0 Å². The summed E-state index contributed by atoms with van der Waals surface area (Å²) in [7, 11) is 0. The molecule has 15 atom stereocenters. The van der Waals surface area contributed by atoms with Crippen LogP contribution in [0.5, 0.6) is 0 Å². The Morgan fingerprint density at radius 1 is 0.294 bits per heavy atom. The van der Waals surface area contributed by atoms with Gasteiger partial charge in [-0.15, -0.1) is 11.8 Å². The van der Waals surface area contributed by atoms with Gasteiger partial charge in [0.1, 0.15) is 72.6 Å². The molecule has 3 aliphatic heterocycles. The number of hydrogen-bond acceptors (Lipinski definition) is 17. The van der Waals surface area contributed by atoms with Gasteiger partial charge >= 0.3 is 5.97 Å². The van der Waals surface area contributed by atoms with Crippen LogP contribution in [0.2, 0.25) is 0 Å². The van der Waals surface area contributed by atoms with E-state index in [9.17, 15) is 4.79 Å². The van der Waals surface area contributed by atoms with E-state index < -0.39 is 97.2 Å². The molecule has 9 aromatic carbocycles. The lowest BCUT2D eigenvalue weighted by Crippen LogP contribution is -2.68. The molecule has 3 aliphatic rings. The van der Waals surface area contributed by atoms with Gasteiger partial charge in [-0.2, -0.15) is 0 Å². The summed E-state index contributed by atoms with van der Waals surface area (Å²) in [5.41, 5.74) is 7.65. The SMILES string of the molecule is CCS[C@@H]1OC(COCc2ccccc2)[C@H](OCc2ccccc2)[C@H](OCc2ccccc2)C1O[C@@H]1OC(COCc2ccccc2)[C@H](OCc2ccccc2)[C@H](OCc2ccccc2)C1O[C@@H]1OC(COCc2ccccc2)[C@H](OCc2ccccc2)C(OCc2ccccc2)C1OC(C)=O. The van der Waals surface area contributed by atoms with Crippen molar-refractivity contribution >= 4 is 17.7 Å². The lowest BCUT2D eigenvalue weighted by atomic mass is 9.95. The number of benzene rings is 9. The first-order valence-electron chi connectivity index (χ1n) is 35.2. The zero-order valence-electron chi connectivity index (χ0n) is 57.8. The first-order chi connectivity index (χ1) is 50.4. The summed E-state index contributed by atoms with van der Waals surface area (Å²) in [5, 5.41) is 0. The van der Waals surface area contributed by atoms with E-state index in [1.54, 1.807) is 11.8 Å². The second-order valence-corrected chi connectivity index (χ2v) is 26.8. The molecule has 3 saturated heterocycles. The fourth-order valence-electron chi connectivity index (χ4n) is 12.8. The number of esters is 1. The molecule has 534 valence electrons. The summed E-state index contributed by atoms with van der Waals surface area (Å²) in [5.74, 6) is 0.00488. The van der Waals surface area contributed by atoms with Crippen LogP contribution in [-0.2, 0) is 135 Å². The highest BCUT2D eigenvalue weighted by Gasteiger charge is 2.58. The van der Waals surface area contributed by atoms with Crippen LogP contribution < -0.4 is 0 Å². The van der Waals surface area contributed by atoms with E-state index in [0.717, 1.165) is 50.1 Å². The monoisotopic (exact) mass is 1400 g/mol. The number of hydrogen-bond donors (Lipinski definition) is 0. The van der Waals surface area contributed by atoms with Gasteiger partial charge < -0.3 is 71.1 Å². The van der Waals surface area contributed by atoms with Crippen LogP contribution in [-0.4, -0.2) is 123 Å². The van der Waals surface area contributed by atoms with E-state index in [1.807, 2.05) is 273 Å². The predicted octanol–water partition coefficient (Wildman–Crippen LogP) is 14.8. The topological polar surface area (TPSA) is 156 Å². The van der Waals surface area contributed by atoms with Gasteiger partial charge in [-0.05, 0) is 55.8 Å². The fraction of sp³-hybridized carbons (Fsp3) is 0.353. The summed E-state index contributed by atoms with van der Waals surface area (Å²) in [4.78, 5) is 14.1. The molecule has 0 aliphatic carbocycles. The lowest BCUT2D eigenvalue weighted by Gasteiger charge is -2.52. The summed E-state index contributed by atoms with van der Waals surface area (Å²) < 4.78 is 108. The number of rotatable bonds is 37. The molecule has 0 N–H and O–H groups in total. The summed E-state index contributed by atoms with van der Waals surface area (Å²) in [6.45, 7) is 5.37. The number of ether oxygens (including phenoxy) is 15. The van der Waals surface area contributed by atoms with E-state index in [0.29, 0.717) is 12.4 Å². The molecule has 3 heterocycles. The highest BCUT2D eigenvalue weighted by Crippen LogP contribution is 2.41. The molecule has 0 bridgehead atoms. The third-order valence-corrected chi connectivity index (χ3v) is 18.9. The molecule has 9 aromatic rings. The van der Waals surface area contributed by atoms with Crippen molar-refractivity contribution in [1.82, 2.24) is 0 Å². The van der Waals surface area contributed by atoms with Gasteiger partial charge in [0, 0.05) is 6.92 Å². The Morgan fingerprint density at radius 3 is 0.814 bits per heavy atom. The third kappa shape index (κ3) is 21.9. The van der Waals surface area contributed by atoms with Gasteiger partial charge in [-0.1, -0.05) is 280 Å². The normalized spacial score (nSPS) is 25.0. The molecule has 17 heteroatoms. The quantitative estimate of drug-likeness (QED) is 0.0339. The van der Waals surface area contributed by atoms with E-state index in [1.165, 1.54) is 6.92 Å². The molecule has 0 spiro atoms. The smallest absolute Gasteiger partial charge is 0.303 e. The van der Waals surface area contributed by atoms with Crippen LogP contribution in [0, 0.1) is 0 Å². The Kier molecular flexibility index (Phi) is 28.8. The van der Waals surface area contributed by atoms with Gasteiger partial charge in [0.2, 0.25) is 0 Å². The molecule has 0 radical (unpaired) electrons. The Balaban J connectivity index is 0.991. The van der Waals surface area contributed by atoms with Gasteiger partial charge in [0.25, 0.3) is 0 Å². The van der Waals surface area contributed by atoms with Crippen molar-refractivity contribution in [2.24, 2.45) is 0 Å². The van der Waals surface area contributed by atoms with Crippen molar-refractivity contribution in [3.05, 3.63) is 323 Å². The summed E-state index contributed by atoms with van der Waals surface area (Å²) in [6, 6.07) is 89.5. The zero-order chi connectivity index (χ0) is 69.8. The van der Waals surface area contributed by atoms with Crippen molar-refractivity contribution < 1.29 is 75.8 Å². The number of carbonyl (C=O) groups is 1. The Bertz CT molecular complexity index is 3770. The van der Waals surface area contributed by atoms with Gasteiger partial charge in [-0.3, -0.25) is 4.79 Å². The Morgan fingerprint density at radius 2 is 0.529 bits per heavy atom. The first-order valence-corrected chi connectivity index (χ1v) is 36.3. The summed E-state index contributed by atoms with van der Waals surface area (Å²) >= 11 is 1.57. The van der Waals surface area contributed by atoms with Gasteiger partial charge in [0.05, 0.1) is 79.3 Å². The second kappa shape index (κ2) is 39.8. The highest BCUT2D eigenvalue weighted by molar-refractivity contribution is 7.99. The molecule has 3 fully saturated rings. The summed E-state index contributed by atoms with van der Waals surface area (Å²) in [6.07, 6.45) is -14.5. The van der Waals surface area contributed by atoms with E-state index in [4.69, 9.17) is 71.1 Å². The second-order valence-electron chi connectivity index (χ2n) is 25.4. The fourth-order valence-corrected chi connectivity index (χ4v) is 13.8. The maximum atomic E-state index is 14.1. The standard InChI is InChI=1S/C85H92O16S/c1-3-102-85-82(79(95-57-70-47-29-12-30-48-70)76(92-54-67-41-23-9-24-42-67)73(99-85)60-89-51-64-35-17-6-18-36-64)101-84-81(78(94-56-69-45-27-11-28-46-69)75(91-53-66-39-21-8-22-40-66)72(98-84)59-88-50-63-33-15-5-16-34-63)100-83-80(96-61(2)86)77(93-55-68-43-25-10-26-44-68)74(90-52-65-37-19-7-20-38-65)71(97-83)58-87-49-62-31-13-4-14-32-62/h4-48,71-85H,3,49-60H2,1-2H3/t71?,72?,73?,74-,75-,76-,77?,78-,79-,80?,81?,82?,83-,84-,85-/m0/s1.